The zero-order chi connectivity index (χ0) is 12.6. The van der Waals surface area contributed by atoms with Crippen LogP contribution >= 0.6 is 15.9 Å². The van der Waals surface area contributed by atoms with E-state index in [0.29, 0.717) is 16.0 Å². The van der Waals surface area contributed by atoms with Gasteiger partial charge in [0.25, 0.3) is 0 Å². The Morgan fingerprint density at radius 2 is 2.06 bits per heavy atom. The largest absolute Gasteiger partial charge is 0.478 e. The quantitative estimate of drug-likeness (QED) is 0.923. The van der Waals surface area contributed by atoms with Crippen LogP contribution in [0.25, 0.3) is 5.69 Å². The van der Waals surface area contributed by atoms with Gasteiger partial charge < -0.3 is 5.11 Å². The fraction of sp³-hybridized carbons (Fsp3) is 0.182. The standard InChI is InChI=1S/C11H10BrN3O2/c1-6-13-7(2)15(14-6)10-4-8(11(16)17)3-9(12)5-10/h3-5H,1-2H3,(H,16,17). The average molecular weight is 296 g/mol. The Balaban J connectivity index is 2.59. The molecule has 88 valence electrons. The first kappa shape index (κ1) is 11.8. The SMILES string of the molecule is Cc1nc(C)n(-c2cc(Br)cc(C(=O)O)c2)n1. The van der Waals surface area contributed by atoms with Crippen LogP contribution in [0.4, 0.5) is 0 Å². The van der Waals surface area contributed by atoms with Gasteiger partial charge in [0.2, 0.25) is 0 Å². The molecular weight excluding hydrogens is 286 g/mol. The van der Waals surface area contributed by atoms with Crippen molar-refractivity contribution in [3.8, 4) is 5.69 Å². The minimum absolute atomic E-state index is 0.210. The first-order chi connectivity index (χ1) is 7.97. The van der Waals surface area contributed by atoms with Gasteiger partial charge in [-0.25, -0.2) is 14.5 Å². The van der Waals surface area contributed by atoms with Crippen LogP contribution in [0.2, 0.25) is 0 Å². The van der Waals surface area contributed by atoms with E-state index in [0.717, 1.165) is 5.82 Å². The summed E-state index contributed by atoms with van der Waals surface area (Å²) in [6, 6.07) is 4.91. The second-order valence-corrected chi connectivity index (χ2v) is 4.54. The number of hydrogen-bond donors (Lipinski definition) is 1. The summed E-state index contributed by atoms with van der Waals surface area (Å²) < 4.78 is 2.31. The summed E-state index contributed by atoms with van der Waals surface area (Å²) >= 11 is 3.29. The maximum Gasteiger partial charge on any atom is 0.335 e. The number of carboxylic acids is 1. The lowest BCUT2D eigenvalue weighted by Crippen LogP contribution is -2.03. The number of aryl methyl sites for hydroxylation is 2. The number of carboxylic acid groups (broad SMARTS) is 1. The van der Waals surface area contributed by atoms with E-state index in [1.807, 2.05) is 6.92 Å². The molecule has 0 bridgehead atoms. The van der Waals surface area contributed by atoms with Crippen molar-refractivity contribution < 1.29 is 9.90 Å². The minimum Gasteiger partial charge on any atom is -0.478 e. The predicted octanol–water partition coefficient (Wildman–Crippen LogP) is 2.34. The molecule has 2 aromatic rings. The molecule has 0 spiro atoms. The van der Waals surface area contributed by atoms with Gasteiger partial charge >= 0.3 is 5.97 Å². The molecule has 0 aliphatic heterocycles. The number of aromatic carboxylic acids is 1. The zero-order valence-electron chi connectivity index (χ0n) is 9.31. The summed E-state index contributed by atoms with van der Waals surface area (Å²) in [5.74, 6) is 0.401. The molecule has 1 N–H and O–H groups in total. The number of halogens is 1. The van der Waals surface area contributed by atoms with Crippen molar-refractivity contribution in [2.75, 3.05) is 0 Å². The van der Waals surface area contributed by atoms with Crippen molar-refractivity contribution in [2.24, 2.45) is 0 Å². The second kappa shape index (κ2) is 4.29. The Kier molecular flexibility index (Phi) is 2.97. The van der Waals surface area contributed by atoms with Crippen molar-refractivity contribution in [1.82, 2.24) is 14.8 Å². The van der Waals surface area contributed by atoms with Gasteiger partial charge in [-0.05, 0) is 32.0 Å². The summed E-state index contributed by atoms with van der Waals surface area (Å²) in [6.07, 6.45) is 0. The van der Waals surface area contributed by atoms with E-state index in [1.165, 1.54) is 0 Å². The molecule has 17 heavy (non-hydrogen) atoms. The molecule has 0 unspecified atom stereocenters. The maximum absolute atomic E-state index is 11.0. The fourth-order valence-corrected chi connectivity index (χ4v) is 2.07. The number of benzene rings is 1. The van der Waals surface area contributed by atoms with Crippen LogP contribution in [-0.4, -0.2) is 25.8 Å². The topological polar surface area (TPSA) is 68.0 Å². The Morgan fingerprint density at radius 1 is 1.35 bits per heavy atom. The Morgan fingerprint density at radius 3 is 2.59 bits per heavy atom. The highest BCUT2D eigenvalue weighted by molar-refractivity contribution is 9.10. The smallest absolute Gasteiger partial charge is 0.335 e. The number of aromatic nitrogens is 3. The molecule has 0 fully saturated rings. The predicted molar refractivity (Wildman–Crippen MR) is 65.5 cm³/mol. The maximum atomic E-state index is 11.0. The van der Waals surface area contributed by atoms with Gasteiger partial charge in [-0.15, -0.1) is 0 Å². The van der Waals surface area contributed by atoms with E-state index in [1.54, 1.807) is 29.8 Å². The van der Waals surface area contributed by atoms with Crippen LogP contribution in [0.5, 0.6) is 0 Å². The monoisotopic (exact) mass is 295 g/mol. The van der Waals surface area contributed by atoms with Gasteiger partial charge in [-0.1, -0.05) is 15.9 Å². The zero-order valence-corrected chi connectivity index (χ0v) is 10.9. The van der Waals surface area contributed by atoms with E-state index < -0.39 is 5.97 Å². The highest BCUT2D eigenvalue weighted by Crippen LogP contribution is 2.19. The molecule has 0 saturated carbocycles. The van der Waals surface area contributed by atoms with Crippen molar-refractivity contribution in [3.05, 3.63) is 39.9 Å². The lowest BCUT2D eigenvalue weighted by atomic mass is 10.2. The number of nitrogens with zero attached hydrogens (tertiary/aromatic N) is 3. The third-order valence-electron chi connectivity index (χ3n) is 2.25. The third kappa shape index (κ3) is 2.36. The number of rotatable bonds is 2. The molecule has 6 heteroatoms. The van der Waals surface area contributed by atoms with E-state index in [-0.39, 0.29) is 5.56 Å². The normalized spacial score (nSPS) is 10.5. The summed E-state index contributed by atoms with van der Waals surface area (Å²) in [4.78, 5) is 15.1. The van der Waals surface area contributed by atoms with Gasteiger partial charge in [0.05, 0.1) is 11.3 Å². The molecule has 0 atom stereocenters. The molecule has 1 aromatic carbocycles. The van der Waals surface area contributed by atoms with Gasteiger partial charge in [0, 0.05) is 4.47 Å². The van der Waals surface area contributed by atoms with Crippen LogP contribution in [0.3, 0.4) is 0 Å². The van der Waals surface area contributed by atoms with Gasteiger partial charge in [0.1, 0.15) is 11.6 Å². The Labute approximate surface area is 106 Å². The van der Waals surface area contributed by atoms with Crippen LogP contribution in [-0.2, 0) is 0 Å². The second-order valence-electron chi connectivity index (χ2n) is 3.62. The van der Waals surface area contributed by atoms with Gasteiger partial charge in [-0.2, -0.15) is 5.10 Å². The first-order valence-corrected chi connectivity index (χ1v) is 5.71. The highest BCUT2D eigenvalue weighted by Gasteiger charge is 2.10. The van der Waals surface area contributed by atoms with Crippen LogP contribution in [0, 0.1) is 13.8 Å². The highest BCUT2D eigenvalue weighted by atomic mass is 79.9. The molecule has 0 aliphatic carbocycles. The number of hydrogen-bond acceptors (Lipinski definition) is 3. The third-order valence-corrected chi connectivity index (χ3v) is 2.71. The summed E-state index contributed by atoms with van der Waals surface area (Å²) in [5, 5.41) is 13.2. The molecule has 1 heterocycles. The van der Waals surface area contributed by atoms with Crippen LogP contribution < -0.4 is 0 Å². The van der Waals surface area contributed by atoms with E-state index in [2.05, 4.69) is 26.0 Å². The summed E-state index contributed by atoms with van der Waals surface area (Å²) in [7, 11) is 0. The fourth-order valence-electron chi connectivity index (χ4n) is 1.59. The van der Waals surface area contributed by atoms with Crippen molar-refractivity contribution in [1.29, 1.82) is 0 Å². The summed E-state index contributed by atoms with van der Waals surface area (Å²) in [6.45, 7) is 3.61. The lowest BCUT2D eigenvalue weighted by Gasteiger charge is -2.05. The van der Waals surface area contributed by atoms with Gasteiger partial charge in [0.15, 0.2) is 0 Å². The van der Waals surface area contributed by atoms with Crippen molar-refractivity contribution >= 4 is 21.9 Å². The molecule has 0 radical (unpaired) electrons. The van der Waals surface area contributed by atoms with Crippen LogP contribution in [0.15, 0.2) is 22.7 Å². The molecule has 1 aromatic heterocycles. The van der Waals surface area contributed by atoms with E-state index in [9.17, 15) is 4.79 Å². The van der Waals surface area contributed by atoms with Crippen molar-refractivity contribution in [3.63, 3.8) is 0 Å². The van der Waals surface area contributed by atoms with Crippen molar-refractivity contribution in [2.45, 2.75) is 13.8 Å². The van der Waals surface area contributed by atoms with Crippen LogP contribution in [0.1, 0.15) is 22.0 Å². The molecule has 0 saturated heterocycles. The number of carbonyl (C=O) groups is 1. The Hall–Kier alpha value is -1.69. The molecule has 5 nitrogen and oxygen atoms in total. The molecule has 0 amide bonds. The van der Waals surface area contributed by atoms with E-state index >= 15 is 0 Å². The molecular formula is C11H10BrN3O2. The molecule has 0 aliphatic rings. The Bertz CT molecular complexity index is 592. The minimum atomic E-state index is -0.970. The first-order valence-electron chi connectivity index (χ1n) is 4.92. The van der Waals surface area contributed by atoms with Gasteiger partial charge in [-0.3, -0.25) is 0 Å². The average Bonchev–Trinajstić information content (AvgIpc) is 2.57. The summed E-state index contributed by atoms with van der Waals surface area (Å²) in [5.41, 5.74) is 0.886. The van der Waals surface area contributed by atoms with E-state index in [4.69, 9.17) is 5.11 Å². The lowest BCUT2D eigenvalue weighted by molar-refractivity contribution is 0.0696. The molecule has 2 rings (SSSR count).